The van der Waals surface area contributed by atoms with E-state index >= 15 is 0 Å². The van der Waals surface area contributed by atoms with Crippen molar-refractivity contribution in [1.29, 1.82) is 0 Å². The van der Waals surface area contributed by atoms with Crippen molar-refractivity contribution < 1.29 is 14.8 Å². The minimum atomic E-state index is -1.28. The quantitative estimate of drug-likeness (QED) is 0.652. The van der Waals surface area contributed by atoms with E-state index in [1.165, 1.54) is 18.6 Å². The third-order valence-corrected chi connectivity index (χ3v) is 3.63. The van der Waals surface area contributed by atoms with Gasteiger partial charge in [0.25, 0.3) is 5.69 Å². The largest absolute Gasteiger partial charge is 0.477 e. The summed E-state index contributed by atoms with van der Waals surface area (Å²) in [4.78, 5) is 23.1. The van der Waals surface area contributed by atoms with Crippen molar-refractivity contribution in [3.63, 3.8) is 0 Å². The molecule has 0 aromatic heterocycles. The highest BCUT2D eigenvalue weighted by Gasteiger charge is 2.33. The molecule has 0 heterocycles. The monoisotopic (exact) mass is 264 g/mol. The molecule has 2 unspecified atom stereocenters. The number of carboxylic acid groups (broad SMARTS) is 1. The molecule has 0 bridgehead atoms. The topological polar surface area (TPSA) is 83.7 Å². The molecule has 2 atom stereocenters. The maximum Gasteiger partial charge on any atom is 0.342 e. The van der Waals surface area contributed by atoms with E-state index in [1.807, 2.05) is 11.9 Å². The van der Waals surface area contributed by atoms with Gasteiger partial charge in [0.2, 0.25) is 0 Å². The van der Waals surface area contributed by atoms with Crippen molar-refractivity contribution in [3.05, 3.63) is 33.9 Å². The zero-order valence-corrected chi connectivity index (χ0v) is 10.9. The van der Waals surface area contributed by atoms with Gasteiger partial charge in [-0.05, 0) is 30.4 Å². The molecule has 1 N–H and O–H groups in total. The van der Waals surface area contributed by atoms with Crippen LogP contribution >= 0.6 is 0 Å². The average molecular weight is 264 g/mol. The van der Waals surface area contributed by atoms with Crippen molar-refractivity contribution in [1.82, 2.24) is 0 Å². The van der Waals surface area contributed by atoms with Crippen LogP contribution in [0.4, 0.5) is 11.4 Å². The summed E-state index contributed by atoms with van der Waals surface area (Å²) in [6.45, 7) is 3.02. The molecular weight excluding hydrogens is 248 g/mol. The smallest absolute Gasteiger partial charge is 0.342 e. The van der Waals surface area contributed by atoms with Gasteiger partial charge < -0.3 is 10.0 Å². The Kier molecular flexibility index (Phi) is 3.42. The number of nitrogens with zero attached hydrogens (tertiary/aromatic N) is 2. The van der Waals surface area contributed by atoms with E-state index in [0.717, 1.165) is 6.54 Å². The number of anilines is 1. The maximum absolute atomic E-state index is 11.1. The lowest BCUT2D eigenvalue weighted by Crippen LogP contribution is -2.21. The molecule has 1 aliphatic carbocycles. The number of rotatable bonds is 5. The van der Waals surface area contributed by atoms with Crippen molar-refractivity contribution in [2.75, 3.05) is 18.5 Å². The molecule has 1 fully saturated rings. The van der Waals surface area contributed by atoms with E-state index in [2.05, 4.69) is 6.92 Å². The molecule has 0 amide bonds. The summed E-state index contributed by atoms with van der Waals surface area (Å²) in [5.41, 5.74) is 0.0599. The first-order valence-corrected chi connectivity index (χ1v) is 6.13. The lowest BCUT2D eigenvalue weighted by atomic mass is 10.1. The van der Waals surface area contributed by atoms with Crippen LogP contribution in [0.25, 0.3) is 0 Å². The highest BCUT2D eigenvalue weighted by molar-refractivity contribution is 5.93. The molecule has 0 saturated heterocycles. The van der Waals surface area contributed by atoms with Gasteiger partial charge in [-0.15, -0.1) is 0 Å². The Labute approximate surface area is 110 Å². The van der Waals surface area contributed by atoms with Crippen molar-refractivity contribution in [2.45, 2.75) is 13.3 Å². The molecule has 0 spiro atoms. The first kappa shape index (κ1) is 13.3. The fraction of sp³-hybridized carbons (Fsp3) is 0.462. The Morgan fingerprint density at radius 1 is 1.58 bits per heavy atom. The average Bonchev–Trinajstić information content (AvgIpc) is 3.03. The first-order chi connectivity index (χ1) is 8.90. The number of hydrogen-bond donors (Lipinski definition) is 1. The summed E-state index contributed by atoms with van der Waals surface area (Å²) >= 11 is 0. The SMILES string of the molecule is CC1CC1CN(C)c1ccc([N+](=O)[O-])c(C(=O)O)c1. The molecule has 0 radical (unpaired) electrons. The lowest BCUT2D eigenvalue weighted by Gasteiger charge is -2.19. The normalized spacial score (nSPS) is 20.9. The van der Waals surface area contributed by atoms with Crippen LogP contribution in [0, 0.1) is 22.0 Å². The minimum absolute atomic E-state index is 0.266. The number of aromatic carboxylic acids is 1. The molecule has 1 saturated carbocycles. The summed E-state index contributed by atoms with van der Waals surface area (Å²) in [5, 5.41) is 19.8. The Hall–Kier alpha value is -2.11. The molecule has 1 aromatic rings. The van der Waals surface area contributed by atoms with Gasteiger partial charge >= 0.3 is 5.97 Å². The number of hydrogen-bond acceptors (Lipinski definition) is 4. The van der Waals surface area contributed by atoms with E-state index in [0.29, 0.717) is 17.5 Å². The molecular formula is C13H16N2O4. The van der Waals surface area contributed by atoms with Gasteiger partial charge in [0, 0.05) is 25.3 Å². The number of nitro groups is 1. The fourth-order valence-electron chi connectivity index (χ4n) is 2.20. The Balaban J connectivity index is 2.24. The van der Waals surface area contributed by atoms with Crippen LogP contribution in [-0.2, 0) is 0 Å². The lowest BCUT2D eigenvalue weighted by molar-refractivity contribution is -0.385. The van der Waals surface area contributed by atoms with Gasteiger partial charge in [-0.3, -0.25) is 10.1 Å². The van der Waals surface area contributed by atoms with Crippen molar-refractivity contribution in [2.24, 2.45) is 11.8 Å². The molecule has 19 heavy (non-hydrogen) atoms. The van der Waals surface area contributed by atoms with Crippen LogP contribution < -0.4 is 4.90 Å². The van der Waals surface area contributed by atoms with Gasteiger partial charge in [0.1, 0.15) is 5.56 Å². The van der Waals surface area contributed by atoms with Gasteiger partial charge in [0.05, 0.1) is 4.92 Å². The number of carboxylic acids is 1. The van der Waals surface area contributed by atoms with E-state index in [-0.39, 0.29) is 11.3 Å². The maximum atomic E-state index is 11.1. The van der Waals surface area contributed by atoms with Crippen LogP contribution in [0.3, 0.4) is 0 Å². The highest BCUT2D eigenvalue weighted by Crippen LogP contribution is 2.39. The van der Waals surface area contributed by atoms with Gasteiger partial charge in [-0.1, -0.05) is 6.92 Å². The summed E-state index contributed by atoms with van der Waals surface area (Å²) in [5.74, 6) is 0.0645. The molecule has 102 valence electrons. The zero-order chi connectivity index (χ0) is 14.2. The number of nitro benzene ring substituents is 1. The highest BCUT2D eigenvalue weighted by atomic mass is 16.6. The van der Waals surface area contributed by atoms with Crippen LogP contribution in [0.15, 0.2) is 18.2 Å². The summed E-state index contributed by atoms with van der Waals surface area (Å²) < 4.78 is 0. The van der Waals surface area contributed by atoms with Gasteiger partial charge in [-0.2, -0.15) is 0 Å². The summed E-state index contributed by atoms with van der Waals surface area (Å²) in [6.07, 6.45) is 1.18. The predicted molar refractivity (Wildman–Crippen MR) is 70.6 cm³/mol. The molecule has 1 aliphatic rings. The third-order valence-electron chi connectivity index (χ3n) is 3.63. The van der Waals surface area contributed by atoms with Gasteiger partial charge in [-0.25, -0.2) is 4.79 Å². The third kappa shape index (κ3) is 2.83. The predicted octanol–water partition coefficient (Wildman–Crippen LogP) is 2.39. The van der Waals surface area contributed by atoms with Crippen LogP contribution in [0.2, 0.25) is 0 Å². The molecule has 1 aromatic carbocycles. The van der Waals surface area contributed by atoms with E-state index in [9.17, 15) is 14.9 Å². The standard InChI is InChI=1S/C13H16N2O4/c1-8-5-9(8)7-14(2)10-3-4-12(15(18)19)11(6-10)13(16)17/h3-4,6,8-9H,5,7H2,1-2H3,(H,16,17). The van der Waals surface area contributed by atoms with E-state index in [1.54, 1.807) is 6.07 Å². The number of benzene rings is 1. The molecule has 0 aliphatic heterocycles. The fourth-order valence-corrected chi connectivity index (χ4v) is 2.20. The number of carbonyl (C=O) groups is 1. The zero-order valence-electron chi connectivity index (χ0n) is 10.9. The van der Waals surface area contributed by atoms with E-state index < -0.39 is 10.9 Å². The Morgan fingerprint density at radius 3 is 2.68 bits per heavy atom. The second kappa shape index (κ2) is 4.87. The second-order valence-electron chi connectivity index (χ2n) is 5.12. The van der Waals surface area contributed by atoms with Gasteiger partial charge in [0.15, 0.2) is 0 Å². The van der Waals surface area contributed by atoms with Crippen molar-refractivity contribution in [3.8, 4) is 0 Å². The molecule has 6 nitrogen and oxygen atoms in total. The Bertz CT molecular complexity index is 529. The molecule has 6 heteroatoms. The summed E-state index contributed by atoms with van der Waals surface area (Å²) in [7, 11) is 1.87. The summed E-state index contributed by atoms with van der Waals surface area (Å²) in [6, 6.07) is 4.22. The first-order valence-electron chi connectivity index (χ1n) is 6.13. The Morgan fingerprint density at radius 2 is 2.21 bits per heavy atom. The minimum Gasteiger partial charge on any atom is -0.477 e. The van der Waals surface area contributed by atoms with E-state index in [4.69, 9.17) is 5.11 Å². The second-order valence-corrected chi connectivity index (χ2v) is 5.12. The molecule has 2 rings (SSSR count). The van der Waals surface area contributed by atoms with Crippen LogP contribution in [0.5, 0.6) is 0 Å². The van der Waals surface area contributed by atoms with Crippen LogP contribution in [-0.4, -0.2) is 29.6 Å². The van der Waals surface area contributed by atoms with Crippen LogP contribution in [0.1, 0.15) is 23.7 Å². The van der Waals surface area contributed by atoms with Crippen molar-refractivity contribution >= 4 is 17.3 Å².